The highest BCUT2D eigenvalue weighted by molar-refractivity contribution is 7.89. The number of nitrogens with zero attached hydrogens (tertiary/aromatic N) is 1. The zero-order valence-corrected chi connectivity index (χ0v) is 14.5. The molecule has 1 aromatic rings. The van der Waals surface area contributed by atoms with Gasteiger partial charge in [0.2, 0.25) is 10.0 Å². The average molecular weight is 317 g/mol. The van der Waals surface area contributed by atoms with E-state index in [1.54, 1.807) is 33.2 Å². The van der Waals surface area contributed by atoms with Crippen LogP contribution in [-0.4, -0.2) is 39.3 Å². The van der Waals surface area contributed by atoms with Crippen LogP contribution in [-0.2, 0) is 21.3 Å². The van der Waals surface area contributed by atoms with Crippen molar-refractivity contribution in [1.82, 2.24) is 14.6 Å². The highest BCUT2D eigenvalue weighted by atomic mass is 32.2. The molecule has 0 aliphatic carbocycles. The van der Waals surface area contributed by atoms with Crippen molar-refractivity contribution in [3.63, 3.8) is 0 Å². The first-order valence-electron chi connectivity index (χ1n) is 7.01. The van der Waals surface area contributed by atoms with Crippen molar-refractivity contribution >= 4 is 10.0 Å². The Labute approximate surface area is 127 Å². The molecule has 0 aromatic carbocycles. The third kappa shape index (κ3) is 4.81. The number of ether oxygens (including phenoxy) is 1. The summed E-state index contributed by atoms with van der Waals surface area (Å²) in [4.78, 5) is 0.283. The van der Waals surface area contributed by atoms with Gasteiger partial charge in [0.25, 0.3) is 0 Å². The molecule has 0 bridgehead atoms. The zero-order valence-electron chi connectivity index (χ0n) is 13.7. The molecular weight excluding hydrogens is 290 g/mol. The van der Waals surface area contributed by atoms with E-state index in [0.717, 1.165) is 5.69 Å². The van der Waals surface area contributed by atoms with Crippen LogP contribution in [0.3, 0.4) is 0 Å². The molecule has 0 spiro atoms. The lowest BCUT2D eigenvalue weighted by Crippen LogP contribution is -2.46. The summed E-state index contributed by atoms with van der Waals surface area (Å²) in [6.45, 7) is 8.56. The highest BCUT2D eigenvalue weighted by Crippen LogP contribution is 2.20. The molecular formula is C14H27N3O3S. The number of hydrogen-bond donors (Lipinski definition) is 2. The molecule has 2 N–H and O–H groups in total. The van der Waals surface area contributed by atoms with Gasteiger partial charge >= 0.3 is 0 Å². The maximum Gasteiger partial charge on any atom is 0.242 e. The van der Waals surface area contributed by atoms with Gasteiger partial charge in [-0.05, 0) is 40.8 Å². The van der Waals surface area contributed by atoms with Crippen LogP contribution in [0.15, 0.2) is 17.2 Å². The Balaban J connectivity index is 3.11. The van der Waals surface area contributed by atoms with Crippen LogP contribution in [0, 0.1) is 0 Å². The molecule has 0 saturated carbocycles. The molecule has 122 valence electrons. The molecule has 0 unspecified atom stereocenters. The van der Waals surface area contributed by atoms with Gasteiger partial charge in [-0.25, -0.2) is 13.1 Å². The van der Waals surface area contributed by atoms with Crippen LogP contribution in [0.1, 0.15) is 39.4 Å². The monoisotopic (exact) mass is 317 g/mol. The number of sulfonamides is 1. The highest BCUT2D eigenvalue weighted by Gasteiger charge is 2.27. The van der Waals surface area contributed by atoms with Crippen molar-refractivity contribution in [1.29, 1.82) is 0 Å². The smallest absolute Gasteiger partial charge is 0.242 e. The van der Waals surface area contributed by atoms with E-state index in [-0.39, 0.29) is 10.9 Å². The maximum atomic E-state index is 12.5. The Morgan fingerprint density at radius 2 is 2.00 bits per heavy atom. The Morgan fingerprint density at radius 3 is 2.48 bits per heavy atom. The lowest BCUT2D eigenvalue weighted by atomic mass is 10.1. The van der Waals surface area contributed by atoms with E-state index in [1.165, 1.54) is 0 Å². The third-order valence-electron chi connectivity index (χ3n) is 3.05. The first kappa shape index (κ1) is 18.2. The third-order valence-corrected chi connectivity index (χ3v) is 4.71. The van der Waals surface area contributed by atoms with Gasteiger partial charge in [-0.1, -0.05) is 0 Å². The minimum absolute atomic E-state index is 0.198. The molecule has 0 radical (unpaired) electrons. The van der Waals surface area contributed by atoms with Gasteiger partial charge in [0.15, 0.2) is 0 Å². The number of aromatic nitrogens is 1. The average Bonchev–Trinajstić information content (AvgIpc) is 2.72. The number of rotatable bonds is 8. The van der Waals surface area contributed by atoms with Gasteiger partial charge in [-0.3, -0.25) is 0 Å². The minimum Gasteiger partial charge on any atom is -0.383 e. The van der Waals surface area contributed by atoms with Crippen LogP contribution in [0.25, 0.3) is 0 Å². The van der Waals surface area contributed by atoms with Crippen LogP contribution in [0.4, 0.5) is 0 Å². The Bertz CT molecular complexity index is 562. The largest absolute Gasteiger partial charge is 0.383 e. The van der Waals surface area contributed by atoms with E-state index in [1.807, 2.05) is 25.5 Å². The second kappa shape index (κ2) is 6.91. The summed E-state index contributed by atoms with van der Waals surface area (Å²) >= 11 is 0. The van der Waals surface area contributed by atoms with Gasteiger partial charge in [0.1, 0.15) is 0 Å². The van der Waals surface area contributed by atoms with Gasteiger partial charge in [0.05, 0.1) is 17.0 Å². The molecule has 1 rings (SSSR count). The topological polar surface area (TPSA) is 72.4 Å². The first-order valence-corrected chi connectivity index (χ1v) is 8.49. The molecule has 0 atom stereocenters. The molecule has 0 amide bonds. The molecule has 21 heavy (non-hydrogen) atoms. The second-order valence-corrected chi connectivity index (χ2v) is 7.80. The fourth-order valence-electron chi connectivity index (χ4n) is 2.26. The lowest BCUT2D eigenvalue weighted by Gasteiger charge is -2.24. The first-order chi connectivity index (χ1) is 9.63. The molecule has 1 heterocycles. The van der Waals surface area contributed by atoms with Crippen molar-refractivity contribution in [3.8, 4) is 0 Å². The second-order valence-electron chi connectivity index (χ2n) is 6.12. The maximum absolute atomic E-state index is 12.5. The molecule has 6 nitrogen and oxygen atoms in total. The van der Waals surface area contributed by atoms with Crippen molar-refractivity contribution < 1.29 is 13.2 Å². The summed E-state index contributed by atoms with van der Waals surface area (Å²) < 4.78 is 34.7. The predicted molar refractivity (Wildman–Crippen MR) is 83.9 cm³/mol. The number of hydrogen-bond acceptors (Lipinski definition) is 4. The number of methoxy groups -OCH3 is 1. The normalized spacial score (nSPS) is 13.1. The zero-order chi connectivity index (χ0) is 16.3. The predicted octanol–water partition coefficient (Wildman–Crippen LogP) is 1.49. The van der Waals surface area contributed by atoms with E-state index in [0.29, 0.717) is 13.2 Å². The summed E-state index contributed by atoms with van der Waals surface area (Å²) in [5.41, 5.74) is 0.286. The van der Waals surface area contributed by atoms with Crippen LogP contribution in [0.5, 0.6) is 0 Å². The molecule has 0 fully saturated rings. The van der Waals surface area contributed by atoms with Crippen LogP contribution >= 0.6 is 0 Å². The van der Waals surface area contributed by atoms with E-state index in [2.05, 4.69) is 10.0 Å². The summed E-state index contributed by atoms with van der Waals surface area (Å²) in [5.74, 6) is 0. The van der Waals surface area contributed by atoms with Crippen molar-refractivity contribution in [2.75, 3.05) is 20.8 Å². The van der Waals surface area contributed by atoms with Gasteiger partial charge < -0.3 is 14.6 Å². The van der Waals surface area contributed by atoms with Crippen molar-refractivity contribution in [3.05, 3.63) is 18.0 Å². The van der Waals surface area contributed by atoms with E-state index < -0.39 is 15.6 Å². The Morgan fingerprint density at radius 1 is 1.38 bits per heavy atom. The fraction of sp³-hybridized carbons (Fsp3) is 0.714. The summed E-state index contributed by atoms with van der Waals surface area (Å²) in [5, 5.41) is 3.06. The van der Waals surface area contributed by atoms with Gasteiger partial charge in [0, 0.05) is 31.6 Å². The van der Waals surface area contributed by atoms with E-state index in [9.17, 15) is 8.42 Å². The summed E-state index contributed by atoms with van der Waals surface area (Å²) in [7, 11) is -0.181. The molecule has 7 heteroatoms. The minimum atomic E-state index is -3.57. The van der Waals surface area contributed by atoms with Crippen molar-refractivity contribution in [2.24, 2.45) is 0 Å². The Hall–Kier alpha value is -0.890. The fourth-order valence-corrected chi connectivity index (χ4v) is 3.71. The van der Waals surface area contributed by atoms with Crippen LogP contribution < -0.4 is 10.0 Å². The van der Waals surface area contributed by atoms with Gasteiger partial charge in [-0.15, -0.1) is 0 Å². The molecule has 0 aliphatic heterocycles. The van der Waals surface area contributed by atoms with E-state index >= 15 is 0 Å². The molecule has 0 saturated heterocycles. The van der Waals surface area contributed by atoms with Crippen molar-refractivity contribution in [2.45, 2.75) is 50.7 Å². The summed E-state index contributed by atoms with van der Waals surface area (Å²) in [6, 6.07) is 1.91. The molecule has 0 aliphatic rings. The quantitative estimate of drug-likeness (QED) is 0.762. The molecule has 1 aromatic heterocycles. The van der Waals surface area contributed by atoms with E-state index in [4.69, 9.17) is 4.74 Å². The SMILES string of the molecule is CNCc1cc(S(=O)(=O)NC(C)(C)COC)cn1C(C)C. The van der Waals surface area contributed by atoms with Gasteiger partial charge in [-0.2, -0.15) is 0 Å². The Kier molecular flexibility index (Phi) is 5.98. The van der Waals surface area contributed by atoms with Crippen LogP contribution in [0.2, 0.25) is 0 Å². The lowest BCUT2D eigenvalue weighted by molar-refractivity contribution is 0.141. The number of nitrogens with one attached hydrogen (secondary N) is 2. The standard InChI is InChI=1S/C14H27N3O3S/c1-11(2)17-9-13(7-12(17)8-15-5)21(18,19)16-14(3,4)10-20-6/h7,9,11,15-16H,8,10H2,1-6H3. The summed E-state index contributed by atoms with van der Waals surface area (Å²) in [6.07, 6.45) is 1.68.